The SMILES string of the molecule is C=CC[C@]1(c2ccc(Cl)c(CC)c2)CCCN(C(=O)c2ccccc2)C1. The molecule has 0 bridgehead atoms. The van der Waals surface area contributed by atoms with E-state index < -0.39 is 0 Å². The van der Waals surface area contributed by atoms with Crippen LogP contribution in [0.5, 0.6) is 0 Å². The Morgan fingerprint density at radius 2 is 2.04 bits per heavy atom. The number of carbonyl (C=O) groups is 1. The lowest BCUT2D eigenvalue weighted by atomic mass is 9.71. The van der Waals surface area contributed by atoms with Crippen LogP contribution >= 0.6 is 11.6 Å². The molecular formula is C23H26ClNO. The zero-order chi connectivity index (χ0) is 18.6. The second-order valence-corrected chi connectivity index (χ2v) is 7.54. The van der Waals surface area contributed by atoms with Gasteiger partial charge in [0.25, 0.3) is 5.91 Å². The Bertz CT molecular complexity index is 786. The van der Waals surface area contributed by atoms with Gasteiger partial charge in [-0.25, -0.2) is 0 Å². The quantitative estimate of drug-likeness (QED) is 0.625. The van der Waals surface area contributed by atoms with Crippen molar-refractivity contribution < 1.29 is 4.79 Å². The predicted octanol–water partition coefficient (Wildman–Crippen LogP) is 5.65. The fourth-order valence-corrected chi connectivity index (χ4v) is 4.29. The number of halogens is 1. The van der Waals surface area contributed by atoms with Gasteiger partial charge >= 0.3 is 0 Å². The van der Waals surface area contributed by atoms with E-state index in [-0.39, 0.29) is 11.3 Å². The van der Waals surface area contributed by atoms with Crippen molar-refractivity contribution in [2.45, 2.75) is 38.0 Å². The molecule has 0 aliphatic carbocycles. The van der Waals surface area contributed by atoms with Crippen LogP contribution in [-0.4, -0.2) is 23.9 Å². The number of likely N-dealkylation sites (tertiary alicyclic amines) is 1. The van der Waals surface area contributed by atoms with Gasteiger partial charge in [-0.15, -0.1) is 6.58 Å². The van der Waals surface area contributed by atoms with Crippen LogP contribution in [-0.2, 0) is 11.8 Å². The number of carbonyl (C=O) groups excluding carboxylic acids is 1. The predicted molar refractivity (Wildman–Crippen MR) is 109 cm³/mol. The summed E-state index contributed by atoms with van der Waals surface area (Å²) in [6, 6.07) is 15.9. The molecule has 0 spiro atoms. The van der Waals surface area contributed by atoms with E-state index in [1.807, 2.05) is 47.4 Å². The lowest BCUT2D eigenvalue weighted by molar-refractivity contribution is 0.0637. The smallest absolute Gasteiger partial charge is 0.253 e. The number of hydrogen-bond acceptors (Lipinski definition) is 1. The number of hydrogen-bond donors (Lipinski definition) is 0. The molecular weight excluding hydrogens is 342 g/mol. The van der Waals surface area contributed by atoms with Crippen LogP contribution in [0.2, 0.25) is 5.02 Å². The standard InChI is InChI=1S/C23H26ClNO/c1-3-13-23(20-11-12-21(24)18(4-2)16-20)14-8-15-25(17-23)22(26)19-9-6-5-7-10-19/h3,5-7,9-12,16H,1,4,8,13-15,17H2,2H3/t23-/m0/s1. The number of amides is 1. The summed E-state index contributed by atoms with van der Waals surface area (Å²) in [6.45, 7) is 7.63. The van der Waals surface area contributed by atoms with E-state index in [1.165, 1.54) is 11.1 Å². The summed E-state index contributed by atoms with van der Waals surface area (Å²) in [5.74, 6) is 0.114. The number of rotatable bonds is 5. The second-order valence-electron chi connectivity index (χ2n) is 7.13. The van der Waals surface area contributed by atoms with E-state index in [9.17, 15) is 4.79 Å². The molecule has 0 aromatic heterocycles. The molecule has 26 heavy (non-hydrogen) atoms. The molecule has 1 amide bonds. The van der Waals surface area contributed by atoms with Crippen LogP contribution in [0.25, 0.3) is 0 Å². The monoisotopic (exact) mass is 367 g/mol. The van der Waals surface area contributed by atoms with Gasteiger partial charge in [-0.3, -0.25) is 4.79 Å². The van der Waals surface area contributed by atoms with Crippen LogP contribution in [0.4, 0.5) is 0 Å². The van der Waals surface area contributed by atoms with Gasteiger partial charge in [0.1, 0.15) is 0 Å². The Hall–Kier alpha value is -2.06. The summed E-state index contributed by atoms with van der Waals surface area (Å²) in [4.78, 5) is 15.0. The first kappa shape index (κ1) is 18.7. The first-order valence-corrected chi connectivity index (χ1v) is 9.71. The van der Waals surface area contributed by atoms with Crippen molar-refractivity contribution in [2.24, 2.45) is 0 Å². The molecule has 1 aliphatic rings. The van der Waals surface area contributed by atoms with Crippen molar-refractivity contribution in [1.82, 2.24) is 4.90 Å². The number of aryl methyl sites for hydroxylation is 1. The molecule has 1 aliphatic heterocycles. The Balaban J connectivity index is 1.93. The van der Waals surface area contributed by atoms with Gasteiger partial charge in [-0.05, 0) is 55.0 Å². The van der Waals surface area contributed by atoms with Gasteiger partial charge in [0, 0.05) is 29.1 Å². The van der Waals surface area contributed by atoms with Gasteiger partial charge in [0.15, 0.2) is 0 Å². The molecule has 0 saturated carbocycles. The lowest BCUT2D eigenvalue weighted by Crippen LogP contribution is -2.48. The largest absolute Gasteiger partial charge is 0.338 e. The summed E-state index contributed by atoms with van der Waals surface area (Å²) in [7, 11) is 0. The van der Waals surface area contributed by atoms with Crippen molar-refractivity contribution in [3.63, 3.8) is 0 Å². The third kappa shape index (κ3) is 3.71. The fourth-order valence-electron chi connectivity index (χ4n) is 4.04. The van der Waals surface area contributed by atoms with E-state index in [1.54, 1.807) is 0 Å². The number of piperidine rings is 1. The minimum atomic E-state index is -0.0844. The van der Waals surface area contributed by atoms with Crippen LogP contribution in [0.3, 0.4) is 0 Å². The molecule has 1 heterocycles. The normalized spacial score (nSPS) is 20.0. The molecule has 2 nitrogen and oxygen atoms in total. The topological polar surface area (TPSA) is 20.3 Å². The van der Waals surface area contributed by atoms with Gasteiger partial charge in [-0.1, -0.05) is 54.9 Å². The van der Waals surface area contributed by atoms with Crippen molar-refractivity contribution in [2.75, 3.05) is 13.1 Å². The maximum atomic E-state index is 13.0. The molecule has 1 fully saturated rings. The molecule has 1 atom stereocenters. The summed E-state index contributed by atoms with van der Waals surface area (Å²) in [5.41, 5.74) is 3.11. The maximum absolute atomic E-state index is 13.0. The van der Waals surface area contributed by atoms with E-state index in [0.29, 0.717) is 0 Å². The minimum absolute atomic E-state index is 0.0844. The first-order valence-electron chi connectivity index (χ1n) is 9.34. The summed E-state index contributed by atoms with van der Waals surface area (Å²) >= 11 is 6.33. The summed E-state index contributed by atoms with van der Waals surface area (Å²) in [5, 5.41) is 0.818. The molecule has 2 aromatic carbocycles. The molecule has 0 unspecified atom stereocenters. The number of allylic oxidation sites excluding steroid dienone is 1. The Kier molecular flexibility index (Phi) is 5.83. The molecule has 136 valence electrons. The number of benzene rings is 2. The Morgan fingerprint density at radius 3 is 2.73 bits per heavy atom. The zero-order valence-electron chi connectivity index (χ0n) is 15.4. The third-order valence-electron chi connectivity index (χ3n) is 5.46. The van der Waals surface area contributed by atoms with Gasteiger partial charge < -0.3 is 4.90 Å². The zero-order valence-corrected chi connectivity index (χ0v) is 16.1. The fraction of sp³-hybridized carbons (Fsp3) is 0.348. The highest BCUT2D eigenvalue weighted by molar-refractivity contribution is 6.31. The number of nitrogens with zero attached hydrogens (tertiary/aromatic N) is 1. The third-order valence-corrected chi connectivity index (χ3v) is 5.83. The average molecular weight is 368 g/mol. The van der Waals surface area contributed by atoms with E-state index in [0.717, 1.165) is 49.4 Å². The molecule has 0 radical (unpaired) electrons. The molecule has 1 saturated heterocycles. The molecule has 3 heteroatoms. The van der Waals surface area contributed by atoms with Crippen LogP contribution in [0.15, 0.2) is 61.2 Å². The van der Waals surface area contributed by atoms with E-state index >= 15 is 0 Å². The highest BCUT2D eigenvalue weighted by Gasteiger charge is 2.38. The van der Waals surface area contributed by atoms with Gasteiger partial charge in [0.2, 0.25) is 0 Å². The Morgan fingerprint density at radius 1 is 1.27 bits per heavy atom. The van der Waals surface area contributed by atoms with Crippen LogP contribution < -0.4 is 0 Å². The average Bonchev–Trinajstić information content (AvgIpc) is 2.69. The van der Waals surface area contributed by atoms with Gasteiger partial charge in [-0.2, -0.15) is 0 Å². The van der Waals surface area contributed by atoms with E-state index in [4.69, 9.17) is 11.6 Å². The molecule has 2 aromatic rings. The minimum Gasteiger partial charge on any atom is -0.338 e. The van der Waals surface area contributed by atoms with Crippen LogP contribution in [0.1, 0.15) is 47.7 Å². The van der Waals surface area contributed by atoms with Crippen molar-refractivity contribution in [3.8, 4) is 0 Å². The van der Waals surface area contributed by atoms with Crippen molar-refractivity contribution in [3.05, 3.63) is 82.9 Å². The lowest BCUT2D eigenvalue weighted by Gasteiger charge is -2.43. The highest BCUT2D eigenvalue weighted by atomic mass is 35.5. The van der Waals surface area contributed by atoms with Crippen LogP contribution in [0, 0.1) is 0 Å². The van der Waals surface area contributed by atoms with Crippen molar-refractivity contribution >= 4 is 17.5 Å². The van der Waals surface area contributed by atoms with E-state index in [2.05, 4.69) is 25.6 Å². The van der Waals surface area contributed by atoms with Gasteiger partial charge in [0.05, 0.1) is 0 Å². The Labute approximate surface area is 161 Å². The second kappa shape index (κ2) is 8.09. The molecule has 0 N–H and O–H groups in total. The summed E-state index contributed by atoms with van der Waals surface area (Å²) < 4.78 is 0. The maximum Gasteiger partial charge on any atom is 0.253 e. The molecule has 3 rings (SSSR count). The highest BCUT2D eigenvalue weighted by Crippen LogP contribution is 2.39. The van der Waals surface area contributed by atoms with Crippen molar-refractivity contribution in [1.29, 1.82) is 0 Å². The first-order chi connectivity index (χ1) is 12.6. The summed E-state index contributed by atoms with van der Waals surface area (Å²) in [6.07, 6.45) is 5.80.